The Morgan fingerprint density at radius 1 is 1.21 bits per heavy atom. The number of carbonyl (C=O) groups is 3. The van der Waals surface area contributed by atoms with Crippen LogP contribution in [0, 0.1) is 0 Å². The quantitative estimate of drug-likeness (QED) is 0.629. The van der Waals surface area contributed by atoms with Gasteiger partial charge in [0.25, 0.3) is 17.7 Å². The first-order valence-corrected chi connectivity index (χ1v) is 5.68. The number of amides is 3. The molecule has 0 bridgehead atoms. The summed E-state index contributed by atoms with van der Waals surface area (Å²) in [4.78, 5) is 34.2. The zero-order chi connectivity index (χ0) is 13.8. The number of imide groups is 1. The number of para-hydroxylation sites is 1. The van der Waals surface area contributed by atoms with E-state index < -0.39 is 11.8 Å². The van der Waals surface area contributed by atoms with Gasteiger partial charge in [0.05, 0.1) is 0 Å². The number of nitrogens with one attached hydrogen (secondary N) is 2. The highest BCUT2D eigenvalue weighted by atomic mass is 16.2. The lowest BCUT2D eigenvalue weighted by molar-refractivity contribution is -0.123. The second-order valence-electron chi connectivity index (χ2n) is 4.07. The van der Waals surface area contributed by atoms with Crippen molar-refractivity contribution in [2.75, 3.05) is 5.32 Å². The predicted molar refractivity (Wildman–Crippen MR) is 70.1 cm³/mol. The van der Waals surface area contributed by atoms with Crippen molar-refractivity contribution >= 4 is 23.4 Å². The SMILES string of the molecule is CC(=CC1=CC(=O)NC1=O)C(=O)Nc1ccccc1. The third-order valence-corrected chi connectivity index (χ3v) is 2.55. The predicted octanol–water partition coefficient (Wildman–Crippen LogP) is 1.15. The molecule has 1 aromatic rings. The molecule has 1 heterocycles. The Hall–Kier alpha value is -2.69. The van der Waals surface area contributed by atoms with E-state index in [2.05, 4.69) is 10.6 Å². The van der Waals surface area contributed by atoms with Crippen LogP contribution < -0.4 is 10.6 Å². The molecule has 3 amide bonds. The summed E-state index contributed by atoms with van der Waals surface area (Å²) in [5.41, 5.74) is 1.20. The molecule has 0 unspecified atom stereocenters. The summed E-state index contributed by atoms with van der Waals surface area (Å²) in [6.45, 7) is 1.58. The van der Waals surface area contributed by atoms with Crippen molar-refractivity contribution in [1.82, 2.24) is 5.32 Å². The fourth-order valence-electron chi connectivity index (χ4n) is 1.58. The molecule has 0 radical (unpaired) electrons. The van der Waals surface area contributed by atoms with Crippen LogP contribution in [-0.4, -0.2) is 17.7 Å². The van der Waals surface area contributed by atoms with Gasteiger partial charge in [-0.3, -0.25) is 19.7 Å². The van der Waals surface area contributed by atoms with Gasteiger partial charge in [-0.25, -0.2) is 0 Å². The topological polar surface area (TPSA) is 75.3 Å². The van der Waals surface area contributed by atoms with Crippen LogP contribution in [0.4, 0.5) is 5.69 Å². The molecular weight excluding hydrogens is 244 g/mol. The normalized spacial score (nSPS) is 15.0. The van der Waals surface area contributed by atoms with Crippen LogP contribution in [0.2, 0.25) is 0 Å². The first kappa shape index (κ1) is 12.8. The summed E-state index contributed by atoms with van der Waals surface area (Å²) >= 11 is 0. The summed E-state index contributed by atoms with van der Waals surface area (Å²) in [5.74, 6) is -1.27. The van der Waals surface area contributed by atoms with Crippen molar-refractivity contribution in [3.05, 3.63) is 53.6 Å². The minimum Gasteiger partial charge on any atom is -0.322 e. The number of rotatable bonds is 3. The molecule has 0 atom stereocenters. The average Bonchev–Trinajstić information content (AvgIpc) is 2.69. The Balaban J connectivity index is 2.09. The third-order valence-electron chi connectivity index (χ3n) is 2.55. The molecule has 5 heteroatoms. The van der Waals surface area contributed by atoms with Gasteiger partial charge in [-0.05, 0) is 25.1 Å². The molecule has 0 saturated heterocycles. The van der Waals surface area contributed by atoms with Crippen LogP contribution in [-0.2, 0) is 14.4 Å². The average molecular weight is 256 g/mol. The van der Waals surface area contributed by atoms with Crippen molar-refractivity contribution < 1.29 is 14.4 Å². The highest BCUT2D eigenvalue weighted by molar-refractivity contribution is 6.18. The van der Waals surface area contributed by atoms with Crippen LogP contribution >= 0.6 is 0 Å². The van der Waals surface area contributed by atoms with E-state index >= 15 is 0 Å². The Labute approximate surface area is 110 Å². The van der Waals surface area contributed by atoms with E-state index in [1.807, 2.05) is 6.07 Å². The van der Waals surface area contributed by atoms with Crippen LogP contribution in [0.5, 0.6) is 0 Å². The largest absolute Gasteiger partial charge is 0.322 e. The summed E-state index contributed by atoms with van der Waals surface area (Å²) in [7, 11) is 0. The smallest absolute Gasteiger partial charge is 0.258 e. The maximum Gasteiger partial charge on any atom is 0.258 e. The van der Waals surface area contributed by atoms with Crippen molar-refractivity contribution in [2.24, 2.45) is 0 Å². The van der Waals surface area contributed by atoms with Gasteiger partial charge < -0.3 is 5.32 Å². The molecule has 0 aromatic heterocycles. The van der Waals surface area contributed by atoms with E-state index in [9.17, 15) is 14.4 Å². The van der Waals surface area contributed by atoms with Crippen LogP contribution in [0.25, 0.3) is 0 Å². The maximum atomic E-state index is 11.9. The fourth-order valence-corrected chi connectivity index (χ4v) is 1.58. The Morgan fingerprint density at radius 2 is 1.89 bits per heavy atom. The van der Waals surface area contributed by atoms with Gasteiger partial charge in [-0.2, -0.15) is 0 Å². The number of hydrogen-bond donors (Lipinski definition) is 2. The zero-order valence-electron chi connectivity index (χ0n) is 10.3. The molecule has 96 valence electrons. The van der Waals surface area contributed by atoms with Gasteiger partial charge in [0, 0.05) is 22.9 Å². The molecule has 1 aromatic carbocycles. The third kappa shape index (κ3) is 3.16. The lowest BCUT2D eigenvalue weighted by atomic mass is 10.1. The lowest BCUT2D eigenvalue weighted by Gasteiger charge is -2.04. The molecule has 5 nitrogen and oxygen atoms in total. The number of hydrogen-bond acceptors (Lipinski definition) is 3. The highest BCUT2D eigenvalue weighted by Crippen LogP contribution is 2.11. The van der Waals surface area contributed by atoms with Crippen LogP contribution in [0.15, 0.2) is 53.6 Å². The molecule has 2 N–H and O–H groups in total. The van der Waals surface area contributed by atoms with E-state index in [1.54, 1.807) is 31.2 Å². The molecule has 0 spiro atoms. The molecule has 0 saturated carbocycles. The number of benzene rings is 1. The van der Waals surface area contributed by atoms with E-state index in [1.165, 1.54) is 12.2 Å². The van der Waals surface area contributed by atoms with Gasteiger partial charge in [0.1, 0.15) is 0 Å². The van der Waals surface area contributed by atoms with Gasteiger partial charge in [0.15, 0.2) is 0 Å². The lowest BCUT2D eigenvalue weighted by Crippen LogP contribution is -2.22. The summed E-state index contributed by atoms with van der Waals surface area (Å²) in [6.07, 6.45) is 2.56. The second kappa shape index (κ2) is 5.30. The van der Waals surface area contributed by atoms with Gasteiger partial charge in [0.2, 0.25) is 0 Å². The molecule has 0 fully saturated rings. The summed E-state index contributed by atoms with van der Waals surface area (Å²) in [6, 6.07) is 8.98. The maximum absolute atomic E-state index is 11.9. The second-order valence-corrected chi connectivity index (χ2v) is 4.07. The van der Waals surface area contributed by atoms with E-state index in [4.69, 9.17) is 0 Å². The standard InChI is InChI=1S/C14H12N2O3/c1-9(7-10-8-12(17)16-14(10)19)13(18)15-11-5-3-2-4-6-11/h2-8H,1H3,(H,15,18)(H,16,17,19). The van der Waals surface area contributed by atoms with Crippen molar-refractivity contribution in [3.8, 4) is 0 Å². The van der Waals surface area contributed by atoms with E-state index in [-0.39, 0.29) is 11.5 Å². The molecule has 19 heavy (non-hydrogen) atoms. The zero-order valence-corrected chi connectivity index (χ0v) is 10.3. The minimum absolute atomic E-state index is 0.186. The van der Waals surface area contributed by atoms with Gasteiger partial charge in [-0.15, -0.1) is 0 Å². The van der Waals surface area contributed by atoms with Crippen molar-refractivity contribution in [3.63, 3.8) is 0 Å². The Kier molecular flexibility index (Phi) is 3.56. The van der Waals surface area contributed by atoms with Gasteiger partial charge >= 0.3 is 0 Å². The number of anilines is 1. The number of carbonyl (C=O) groups excluding carboxylic acids is 3. The van der Waals surface area contributed by atoms with E-state index in [0.717, 1.165) is 0 Å². The molecular formula is C14H12N2O3. The van der Waals surface area contributed by atoms with Gasteiger partial charge in [-0.1, -0.05) is 18.2 Å². The minimum atomic E-state index is -0.489. The Bertz CT molecular complexity index is 600. The molecule has 2 rings (SSSR count). The van der Waals surface area contributed by atoms with Crippen molar-refractivity contribution in [2.45, 2.75) is 6.92 Å². The van der Waals surface area contributed by atoms with Crippen molar-refractivity contribution in [1.29, 1.82) is 0 Å². The highest BCUT2D eigenvalue weighted by Gasteiger charge is 2.19. The molecule has 0 aliphatic carbocycles. The first-order valence-electron chi connectivity index (χ1n) is 5.68. The molecule has 1 aliphatic rings. The summed E-state index contributed by atoms with van der Waals surface area (Å²) in [5, 5.41) is 4.80. The van der Waals surface area contributed by atoms with E-state index in [0.29, 0.717) is 11.3 Å². The summed E-state index contributed by atoms with van der Waals surface area (Å²) < 4.78 is 0. The van der Waals surface area contributed by atoms with Crippen LogP contribution in [0.1, 0.15) is 6.92 Å². The monoisotopic (exact) mass is 256 g/mol. The van der Waals surface area contributed by atoms with Crippen LogP contribution in [0.3, 0.4) is 0 Å². The fraction of sp³-hybridized carbons (Fsp3) is 0.0714. The Morgan fingerprint density at radius 3 is 2.47 bits per heavy atom. The molecule has 1 aliphatic heterocycles. The first-order chi connectivity index (χ1) is 9.06.